The zero-order chi connectivity index (χ0) is 14.1. The van der Waals surface area contributed by atoms with Gasteiger partial charge in [-0.15, -0.1) is 11.3 Å². The number of hydrogen-bond acceptors (Lipinski definition) is 4. The first-order chi connectivity index (χ1) is 10.4. The molecule has 4 rings (SSSR count). The maximum absolute atomic E-state index is 4.25. The van der Waals surface area contributed by atoms with E-state index in [0.717, 1.165) is 17.3 Å². The van der Waals surface area contributed by atoms with Gasteiger partial charge < -0.3 is 5.32 Å². The summed E-state index contributed by atoms with van der Waals surface area (Å²) in [5.41, 5.74) is 2.14. The van der Waals surface area contributed by atoms with Crippen LogP contribution in [0.1, 0.15) is 23.8 Å². The summed E-state index contributed by atoms with van der Waals surface area (Å²) >= 11 is 1.82. The largest absolute Gasteiger partial charge is 0.375 e. The minimum absolute atomic E-state index is 0.398. The molecule has 2 aromatic heterocycles. The molecule has 4 nitrogen and oxygen atoms in total. The Morgan fingerprint density at radius 1 is 1.19 bits per heavy atom. The van der Waals surface area contributed by atoms with Crippen molar-refractivity contribution in [3.63, 3.8) is 0 Å². The lowest BCUT2D eigenvalue weighted by atomic mass is 10.1. The molecule has 106 valence electrons. The lowest BCUT2D eigenvalue weighted by Gasteiger charge is -2.20. The highest BCUT2D eigenvalue weighted by Gasteiger charge is 2.33. The Balaban J connectivity index is 1.67. The van der Waals surface area contributed by atoms with E-state index in [2.05, 4.69) is 51.1 Å². The second-order valence-electron chi connectivity index (χ2n) is 5.33. The number of anilines is 1. The van der Waals surface area contributed by atoms with Crippen LogP contribution in [-0.2, 0) is 0 Å². The summed E-state index contributed by atoms with van der Waals surface area (Å²) in [4.78, 5) is 5.45. The Bertz CT molecular complexity index is 702. The first-order valence-corrected chi connectivity index (χ1v) is 8.04. The molecule has 5 heteroatoms. The van der Waals surface area contributed by atoms with Gasteiger partial charge in [-0.3, -0.25) is 0 Å². The van der Waals surface area contributed by atoms with Crippen LogP contribution >= 0.6 is 11.3 Å². The maximum atomic E-state index is 4.25. The van der Waals surface area contributed by atoms with Gasteiger partial charge in [0.2, 0.25) is 0 Å². The molecule has 1 saturated carbocycles. The second kappa shape index (κ2) is 5.33. The van der Waals surface area contributed by atoms with Crippen LogP contribution in [0.2, 0.25) is 0 Å². The Morgan fingerprint density at radius 2 is 2.10 bits per heavy atom. The van der Waals surface area contributed by atoms with E-state index < -0.39 is 0 Å². The third kappa shape index (κ3) is 2.56. The number of rotatable bonds is 5. The van der Waals surface area contributed by atoms with Crippen molar-refractivity contribution in [1.29, 1.82) is 0 Å². The van der Waals surface area contributed by atoms with Crippen molar-refractivity contribution in [2.75, 3.05) is 5.32 Å². The highest BCUT2D eigenvalue weighted by molar-refractivity contribution is 7.10. The fraction of sp³-hybridized carbons (Fsp3) is 0.250. The third-order valence-electron chi connectivity index (χ3n) is 3.82. The number of nitrogens with zero attached hydrogens (tertiary/aromatic N) is 3. The van der Waals surface area contributed by atoms with Crippen molar-refractivity contribution in [2.24, 2.45) is 5.92 Å². The SMILES string of the molecule is c1csc(C(Nc2ccccc2-n2cncn2)C2CC2)c1. The average Bonchev–Trinajstić information content (AvgIpc) is 3.01. The zero-order valence-electron chi connectivity index (χ0n) is 11.5. The van der Waals surface area contributed by atoms with Gasteiger partial charge in [0.1, 0.15) is 12.7 Å². The fourth-order valence-corrected chi connectivity index (χ4v) is 3.48. The quantitative estimate of drug-likeness (QED) is 0.776. The topological polar surface area (TPSA) is 42.7 Å². The van der Waals surface area contributed by atoms with E-state index in [1.165, 1.54) is 17.7 Å². The Hall–Kier alpha value is -2.14. The van der Waals surface area contributed by atoms with Gasteiger partial charge >= 0.3 is 0 Å². The van der Waals surface area contributed by atoms with Crippen molar-refractivity contribution in [3.05, 3.63) is 59.3 Å². The van der Waals surface area contributed by atoms with Gasteiger partial charge in [0.15, 0.2) is 0 Å². The molecule has 21 heavy (non-hydrogen) atoms. The van der Waals surface area contributed by atoms with Crippen molar-refractivity contribution in [1.82, 2.24) is 14.8 Å². The van der Waals surface area contributed by atoms with Gasteiger partial charge in [-0.1, -0.05) is 18.2 Å². The molecule has 0 aliphatic heterocycles. The van der Waals surface area contributed by atoms with Crippen LogP contribution in [0.15, 0.2) is 54.4 Å². The van der Waals surface area contributed by atoms with Gasteiger partial charge in [0.25, 0.3) is 0 Å². The minimum Gasteiger partial charge on any atom is -0.375 e. The molecule has 3 aromatic rings. The Morgan fingerprint density at radius 3 is 2.81 bits per heavy atom. The van der Waals surface area contributed by atoms with Gasteiger partial charge in [-0.25, -0.2) is 9.67 Å². The van der Waals surface area contributed by atoms with Gasteiger partial charge in [0.05, 0.1) is 17.4 Å². The summed E-state index contributed by atoms with van der Waals surface area (Å²) in [6.07, 6.45) is 5.91. The molecular weight excluding hydrogens is 280 g/mol. The standard InChI is InChI=1S/C16H16N4S/c1-2-5-14(20-11-17-10-18-20)13(4-1)19-16(12-7-8-12)15-6-3-9-21-15/h1-6,9-12,16,19H,7-8H2. The molecule has 1 aliphatic rings. The van der Waals surface area contributed by atoms with Gasteiger partial charge in [-0.05, 0) is 42.3 Å². The third-order valence-corrected chi connectivity index (χ3v) is 4.78. The number of thiophene rings is 1. The predicted molar refractivity (Wildman–Crippen MR) is 84.8 cm³/mol. The highest BCUT2D eigenvalue weighted by atomic mass is 32.1. The second-order valence-corrected chi connectivity index (χ2v) is 6.31. The first-order valence-electron chi connectivity index (χ1n) is 7.16. The van der Waals surface area contributed by atoms with Gasteiger partial charge in [-0.2, -0.15) is 5.10 Å². The van der Waals surface area contributed by atoms with Crippen molar-refractivity contribution in [3.8, 4) is 5.69 Å². The monoisotopic (exact) mass is 296 g/mol. The van der Waals surface area contributed by atoms with Crippen LogP contribution in [0.25, 0.3) is 5.69 Å². The normalized spacial score (nSPS) is 15.8. The van der Waals surface area contributed by atoms with Crippen LogP contribution in [0, 0.1) is 5.92 Å². The molecular formula is C16H16N4S. The van der Waals surface area contributed by atoms with Crippen LogP contribution in [0.3, 0.4) is 0 Å². The van der Waals surface area contributed by atoms with Crippen LogP contribution < -0.4 is 5.32 Å². The minimum atomic E-state index is 0.398. The van der Waals surface area contributed by atoms with E-state index >= 15 is 0 Å². The summed E-state index contributed by atoms with van der Waals surface area (Å²) in [7, 11) is 0. The van der Waals surface area contributed by atoms with E-state index in [1.54, 1.807) is 17.3 Å². The molecule has 1 N–H and O–H groups in total. The molecule has 0 radical (unpaired) electrons. The summed E-state index contributed by atoms with van der Waals surface area (Å²) in [5, 5.41) is 10.1. The van der Waals surface area contributed by atoms with E-state index in [9.17, 15) is 0 Å². The van der Waals surface area contributed by atoms with E-state index in [4.69, 9.17) is 0 Å². The summed E-state index contributed by atoms with van der Waals surface area (Å²) in [5.74, 6) is 0.743. The van der Waals surface area contributed by atoms with Crippen LogP contribution in [-0.4, -0.2) is 14.8 Å². The summed E-state index contributed by atoms with van der Waals surface area (Å²) in [6.45, 7) is 0. The molecule has 1 fully saturated rings. The number of aromatic nitrogens is 3. The molecule has 1 atom stereocenters. The van der Waals surface area contributed by atoms with Gasteiger partial charge in [0, 0.05) is 4.88 Å². The highest BCUT2D eigenvalue weighted by Crippen LogP contribution is 2.44. The molecule has 1 aromatic carbocycles. The predicted octanol–water partition coefficient (Wildman–Crippen LogP) is 3.89. The van der Waals surface area contributed by atoms with E-state index in [-0.39, 0.29) is 0 Å². The molecule has 1 unspecified atom stereocenters. The van der Waals surface area contributed by atoms with E-state index in [0.29, 0.717) is 6.04 Å². The molecule has 0 spiro atoms. The molecule has 2 heterocycles. The Labute approximate surface area is 127 Å². The number of benzene rings is 1. The van der Waals surface area contributed by atoms with Crippen LogP contribution in [0.4, 0.5) is 5.69 Å². The Kier molecular flexibility index (Phi) is 3.20. The molecule has 0 amide bonds. The summed E-state index contributed by atoms with van der Waals surface area (Å²) < 4.78 is 1.81. The summed E-state index contributed by atoms with van der Waals surface area (Å²) in [6, 6.07) is 13.0. The first kappa shape index (κ1) is 12.6. The molecule has 0 saturated heterocycles. The molecule has 0 bridgehead atoms. The number of nitrogens with one attached hydrogen (secondary N) is 1. The van der Waals surface area contributed by atoms with Crippen molar-refractivity contribution in [2.45, 2.75) is 18.9 Å². The fourth-order valence-electron chi connectivity index (χ4n) is 2.61. The lowest BCUT2D eigenvalue weighted by molar-refractivity contribution is 0.689. The zero-order valence-corrected chi connectivity index (χ0v) is 12.3. The van der Waals surface area contributed by atoms with Crippen molar-refractivity contribution < 1.29 is 0 Å². The lowest BCUT2D eigenvalue weighted by Crippen LogP contribution is -2.13. The maximum Gasteiger partial charge on any atom is 0.138 e. The van der Waals surface area contributed by atoms with E-state index in [1.807, 2.05) is 17.4 Å². The van der Waals surface area contributed by atoms with Crippen LogP contribution in [0.5, 0.6) is 0 Å². The number of hydrogen-bond donors (Lipinski definition) is 1. The average molecular weight is 296 g/mol. The molecule has 1 aliphatic carbocycles. The number of para-hydroxylation sites is 2. The van der Waals surface area contributed by atoms with Crippen molar-refractivity contribution >= 4 is 17.0 Å². The smallest absolute Gasteiger partial charge is 0.138 e.